The maximum absolute atomic E-state index is 12.6. The fourth-order valence-corrected chi connectivity index (χ4v) is 1.42. The number of halogens is 3. The molecule has 16 heavy (non-hydrogen) atoms. The van der Waals surface area contributed by atoms with Crippen LogP contribution in [0.15, 0.2) is 0 Å². The van der Waals surface area contributed by atoms with Crippen molar-refractivity contribution in [3.8, 4) is 0 Å². The fraction of sp³-hybridized carbons (Fsp3) is 0.625. The van der Waals surface area contributed by atoms with Crippen molar-refractivity contribution in [3.05, 3.63) is 0 Å². The van der Waals surface area contributed by atoms with Crippen LogP contribution in [0.1, 0.15) is 19.8 Å². The van der Waals surface area contributed by atoms with E-state index in [0.29, 0.717) is 6.92 Å². The van der Waals surface area contributed by atoms with Crippen LogP contribution in [0.2, 0.25) is 0 Å². The lowest BCUT2D eigenvalue weighted by Gasteiger charge is -2.34. The maximum Gasteiger partial charge on any atom is 0.422 e. The molecule has 5 nitrogen and oxygen atoms in total. The third kappa shape index (κ3) is 1.54. The summed E-state index contributed by atoms with van der Waals surface area (Å²) in [7, 11) is 0. The summed E-state index contributed by atoms with van der Waals surface area (Å²) < 4.78 is 37.9. The van der Waals surface area contributed by atoms with Crippen LogP contribution in [0.25, 0.3) is 0 Å². The number of carboxylic acids is 1. The summed E-state index contributed by atoms with van der Waals surface area (Å²) in [5, 5.41) is 8.60. The Hall–Kier alpha value is -1.60. The lowest BCUT2D eigenvalue weighted by molar-refractivity contribution is -0.230. The molecule has 0 aromatic heterocycles. The first-order valence-corrected chi connectivity index (χ1v) is 4.28. The van der Waals surface area contributed by atoms with Gasteiger partial charge >= 0.3 is 12.1 Å². The lowest BCUT2D eigenvalue weighted by atomic mass is 10.00. The van der Waals surface area contributed by atoms with Gasteiger partial charge in [0.25, 0.3) is 0 Å². The van der Waals surface area contributed by atoms with Gasteiger partial charge in [0.1, 0.15) is 0 Å². The number of hydrogen-bond acceptors (Lipinski definition) is 3. The van der Waals surface area contributed by atoms with Gasteiger partial charge in [0.15, 0.2) is 0 Å². The van der Waals surface area contributed by atoms with Gasteiger partial charge in [0.05, 0.1) is 0 Å². The molecule has 1 N–H and O–H groups in total. The highest BCUT2D eigenvalue weighted by Crippen LogP contribution is 2.38. The minimum absolute atomic E-state index is 0.213. The normalized spacial score (nSPS) is 21.1. The quantitative estimate of drug-likeness (QED) is 0.713. The average Bonchev–Trinajstić information content (AvgIpc) is 2.43. The van der Waals surface area contributed by atoms with E-state index < -0.39 is 42.3 Å². The maximum atomic E-state index is 12.6. The second-order valence-corrected chi connectivity index (χ2v) is 3.50. The minimum Gasteiger partial charge on any atom is -0.479 e. The number of nitrogens with zero attached hydrogens (tertiary/aromatic N) is 1. The van der Waals surface area contributed by atoms with Crippen LogP contribution in [0.3, 0.4) is 0 Å². The molecule has 0 aromatic carbocycles. The molecule has 0 saturated carbocycles. The molecule has 1 unspecified atom stereocenters. The molecule has 0 bridgehead atoms. The smallest absolute Gasteiger partial charge is 0.422 e. The predicted octanol–water partition coefficient (Wildman–Crippen LogP) is 0.541. The van der Waals surface area contributed by atoms with E-state index in [1.165, 1.54) is 0 Å². The van der Waals surface area contributed by atoms with E-state index in [-0.39, 0.29) is 4.90 Å². The van der Waals surface area contributed by atoms with E-state index in [4.69, 9.17) is 5.11 Å². The third-order valence-electron chi connectivity index (χ3n) is 2.47. The topological polar surface area (TPSA) is 74.7 Å². The minimum atomic E-state index is -5.21. The van der Waals surface area contributed by atoms with E-state index in [0.717, 1.165) is 0 Å². The summed E-state index contributed by atoms with van der Waals surface area (Å²) in [4.78, 5) is 32.7. The Morgan fingerprint density at radius 1 is 1.25 bits per heavy atom. The highest BCUT2D eigenvalue weighted by atomic mass is 19.4. The van der Waals surface area contributed by atoms with Crippen molar-refractivity contribution >= 4 is 17.8 Å². The van der Waals surface area contributed by atoms with Crippen LogP contribution in [0, 0.1) is 0 Å². The largest absolute Gasteiger partial charge is 0.479 e. The first-order chi connectivity index (χ1) is 7.12. The zero-order chi connectivity index (χ0) is 12.7. The summed E-state index contributed by atoms with van der Waals surface area (Å²) in [6.07, 6.45) is -6.00. The molecule has 1 aliphatic rings. The Morgan fingerprint density at radius 3 is 1.88 bits per heavy atom. The van der Waals surface area contributed by atoms with Gasteiger partial charge in [-0.15, -0.1) is 0 Å². The van der Waals surface area contributed by atoms with Crippen LogP contribution >= 0.6 is 0 Å². The molecular weight excluding hydrogens is 231 g/mol. The summed E-state index contributed by atoms with van der Waals surface area (Å²) in [6, 6.07) is 0. The SMILES string of the molecule is CC(C(=O)O)(N1C(=O)CCC1=O)C(F)(F)F. The molecule has 0 spiro atoms. The standard InChI is InChI=1S/C8H8F3NO4/c1-7(6(15)16,8(9,10)11)12-4(13)2-3-5(12)14/h2-3H2,1H3,(H,15,16). The molecule has 1 saturated heterocycles. The molecule has 1 atom stereocenters. The number of hydrogen-bond donors (Lipinski definition) is 1. The zero-order valence-corrected chi connectivity index (χ0v) is 8.17. The molecule has 1 aliphatic heterocycles. The number of imide groups is 1. The molecule has 8 heteroatoms. The lowest BCUT2D eigenvalue weighted by Crippen LogP contribution is -2.63. The number of amides is 2. The van der Waals surface area contributed by atoms with Gasteiger partial charge < -0.3 is 5.11 Å². The van der Waals surface area contributed by atoms with Crippen LogP contribution in [0.4, 0.5) is 13.2 Å². The Balaban J connectivity index is 3.28. The molecule has 0 aromatic rings. The number of carbonyl (C=O) groups excluding carboxylic acids is 2. The van der Waals surface area contributed by atoms with Crippen molar-refractivity contribution in [3.63, 3.8) is 0 Å². The molecule has 0 aliphatic carbocycles. The molecule has 1 fully saturated rings. The highest BCUT2D eigenvalue weighted by Gasteiger charge is 2.65. The van der Waals surface area contributed by atoms with Gasteiger partial charge in [0, 0.05) is 12.8 Å². The van der Waals surface area contributed by atoms with Crippen molar-refractivity contribution in [1.29, 1.82) is 0 Å². The Morgan fingerprint density at radius 2 is 1.62 bits per heavy atom. The number of alkyl halides is 3. The van der Waals surface area contributed by atoms with Crippen molar-refractivity contribution < 1.29 is 32.7 Å². The van der Waals surface area contributed by atoms with E-state index in [1.807, 2.05) is 0 Å². The van der Waals surface area contributed by atoms with Gasteiger partial charge in [-0.3, -0.25) is 14.5 Å². The van der Waals surface area contributed by atoms with Gasteiger partial charge in [-0.1, -0.05) is 0 Å². The number of rotatable bonds is 2. The van der Waals surface area contributed by atoms with E-state index >= 15 is 0 Å². The van der Waals surface area contributed by atoms with Crippen molar-refractivity contribution in [2.45, 2.75) is 31.5 Å². The molecule has 1 heterocycles. The number of likely N-dealkylation sites (tertiary alicyclic amines) is 1. The number of carbonyl (C=O) groups is 3. The first kappa shape index (κ1) is 12.5. The average molecular weight is 239 g/mol. The van der Waals surface area contributed by atoms with Gasteiger partial charge in [0.2, 0.25) is 17.4 Å². The molecule has 90 valence electrons. The van der Waals surface area contributed by atoms with Crippen LogP contribution < -0.4 is 0 Å². The number of aliphatic carboxylic acids is 1. The van der Waals surface area contributed by atoms with E-state index in [1.54, 1.807) is 0 Å². The monoisotopic (exact) mass is 239 g/mol. The van der Waals surface area contributed by atoms with Crippen molar-refractivity contribution in [2.75, 3.05) is 0 Å². The Kier molecular flexibility index (Phi) is 2.70. The molecule has 1 rings (SSSR count). The van der Waals surface area contributed by atoms with Crippen LogP contribution in [0.5, 0.6) is 0 Å². The molecule has 2 amide bonds. The van der Waals surface area contributed by atoms with E-state index in [2.05, 4.69) is 0 Å². The predicted molar refractivity (Wildman–Crippen MR) is 43.2 cm³/mol. The summed E-state index contributed by atoms with van der Waals surface area (Å²) in [5.74, 6) is -4.51. The first-order valence-electron chi connectivity index (χ1n) is 4.28. The molecular formula is C8H8F3NO4. The third-order valence-corrected chi connectivity index (χ3v) is 2.47. The van der Waals surface area contributed by atoms with Crippen molar-refractivity contribution in [1.82, 2.24) is 4.90 Å². The summed E-state index contributed by atoms with van der Waals surface area (Å²) in [5.41, 5.74) is -3.49. The Bertz CT molecular complexity index is 349. The Labute approximate surface area is 87.8 Å². The summed E-state index contributed by atoms with van der Waals surface area (Å²) >= 11 is 0. The van der Waals surface area contributed by atoms with Gasteiger partial charge in [-0.25, -0.2) is 4.79 Å². The molecule has 0 radical (unpaired) electrons. The van der Waals surface area contributed by atoms with Crippen molar-refractivity contribution in [2.24, 2.45) is 0 Å². The highest BCUT2D eigenvalue weighted by molar-refractivity contribution is 6.06. The van der Waals surface area contributed by atoms with Crippen LogP contribution in [-0.2, 0) is 14.4 Å². The zero-order valence-electron chi connectivity index (χ0n) is 8.17. The second kappa shape index (κ2) is 3.46. The second-order valence-electron chi connectivity index (χ2n) is 3.50. The van der Waals surface area contributed by atoms with Gasteiger partial charge in [-0.05, 0) is 6.92 Å². The summed E-state index contributed by atoms with van der Waals surface area (Å²) in [6.45, 7) is 0.302. The fourth-order valence-electron chi connectivity index (χ4n) is 1.42. The van der Waals surface area contributed by atoms with Crippen LogP contribution in [-0.4, -0.2) is 39.5 Å². The number of carboxylic acid groups (broad SMARTS) is 1. The van der Waals surface area contributed by atoms with E-state index in [9.17, 15) is 27.6 Å². The van der Waals surface area contributed by atoms with Gasteiger partial charge in [-0.2, -0.15) is 13.2 Å².